The summed E-state index contributed by atoms with van der Waals surface area (Å²) in [6.45, 7) is 4.96. The van der Waals surface area contributed by atoms with Crippen molar-refractivity contribution < 1.29 is 23.5 Å². The van der Waals surface area contributed by atoms with Gasteiger partial charge >= 0.3 is 0 Å². The van der Waals surface area contributed by atoms with Gasteiger partial charge in [-0.15, -0.1) is 0 Å². The summed E-state index contributed by atoms with van der Waals surface area (Å²) < 4.78 is 16.8. The molecule has 0 unspecified atom stereocenters. The van der Waals surface area contributed by atoms with Crippen LogP contribution >= 0.6 is 0 Å². The van der Waals surface area contributed by atoms with Crippen molar-refractivity contribution >= 4 is 17.5 Å². The van der Waals surface area contributed by atoms with Gasteiger partial charge in [0.15, 0.2) is 11.5 Å². The quantitative estimate of drug-likeness (QED) is 0.658. The first-order chi connectivity index (χ1) is 15.5. The third-order valence-electron chi connectivity index (χ3n) is 5.71. The second kappa shape index (κ2) is 8.07. The number of ether oxygens (including phenoxy) is 2. The zero-order chi connectivity index (χ0) is 22.2. The number of rotatable bonds is 4. The van der Waals surface area contributed by atoms with Crippen molar-refractivity contribution in [1.82, 2.24) is 4.90 Å². The number of carbonyl (C=O) groups is 2. The highest BCUT2D eigenvalue weighted by molar-refractivity contribution is 5.95. The molecular formula is C25H24N2O5. The van der Waals surface area contributed by atoms with Crippen molar-refractivity contribution in [3.63, 3.8) is 0 Å². The van der Waals surface area contributed by atoms with Crippen LogP contribution in [-0.2, 0) is 17.8 Å². The van der Waals surface area contributed by atoms with E-state index in [1.54, 1.807) is 18.2 Å². The molecule has 3 heterocycles. The minimum atomic E-state index is -0.0946. The maximum atomic E-state index is 13.0. The van der Waals surface area contributed by atoms with Crippen LogP contribution in [0.3, 0.4) is 0 Å². The molecule has 7 heteroatoms. The second-order valence-electron chi connectivity index (χ2n) is 8.33. The zero-order valence-corrected chi connectivity index (χ0v) is 18.0. The van der Waals surface area contributed by atoms with Crippen LogP contribution in [0.5, 0.6) is 11.5 Å². The Balaban J connectivity index is 1.33. The predicted octanol–water partition coefficient (Wildman–Crippen LogP) is 4.47. The average Bonchev–Trinajstić information content (AvgIpc) is 3.44. The Morgan fingerprint density at radius 3 is 2.72 bits per heavy atom. The number of furan rings is 1. The lowest BCUT2D eigenvalue weighted by molar-refractivity contribution is -0.118. The van der Waals surface area contributed by atoms with Gasteiger partial charge in [0.2, 0.25) is 12.7 Å². The monoisotopic (exact) mass is 432 g/mol. The minimum absolute atomic E-state index is 0.0291. The number of carbonyl (C=O) groups excluding carboxylic acids is 2. The Labute approximate surface area is 185 Å². The number of nitrogens with one attached hydrogen (secondary N) is 1. The van der Waals surface area contributed by atoms with Crippen LogP contribution < -0.4 is 14.8 Å². The molecule has 1 aromatic heterocycles. The summed E-state index contributed by atoms with van der Waals surface area (Å²) in [7, 11) is 0. The molecule has 2 amide bonds. The molecule has 7 nitrogen and oxygen atoms in total. The van der Waals surface area contributed by atoms with E-state index in [9.17, 15) is 9.59 Å². The van der Waals surface area contributed by atoms with E-state index in [0.717, 1.165) is 28.3 Å². The summed E-state index contributed by atoms with van der Waals surface area (Å²) in [6, 6.07) is 14.9. The Bertz CT molecular complexity index is 1200. The van der Waals surface area contributed by atoms with E-state index in [1.165, 1.54) is 0 Å². The molecule has 2 aromatic carbocycles. The van der Waals surface area contributed by atoms with Gasteiger partial charge < -0.3 is 24.1 Å². The number of anilines is 1. The Morgan fingerprint density at radius 1 is 1.03 bits per heavy atom. The van der Waals surface area contributed by atoms with E-state index in [2.05, 4.69) is 5.32 Å². The maximum Gasteiger partial charge on any atom is 0.254 e. The van der Waals surface area contributed by atoms with Crippen LogP contribution in [0.15, 0.2) is 52.9 Å². The molecule has 0 spiro atoms. The number of nitrogens with zero attached hydrogens (tertiary/aromatic N) is 1. The molecule has 2 aliphatic heterocycles. The molecule has 1 N–H and O–H groups in total. The van der Waals surface area contributed by atoms with E-state index in [4.69, 9.17) is 13.9 Å². The largest absolute Gasteiger partial charge is 0.461 e. The molecule has 0 aliphatic carbocycles. The third-order valence-corrected chi connectivity index (χ3v) is 5.71. The van der Waals surface area contributed by atoms with Crippen LogP contribution in [0.1, 0.15) is 35.5 Å². The van der Waals surface area contributed by atoms with Crippen molar-refractivity contribution in [2.24, 2.45) is 5.92 Å². The summed E-state index contributed by atoms with van der Waals surface area (Å²) >= 11 is 0. The van der Waals surface area contributed by atoms with E-state index in [-0.39, 0.29) is 24.5 Å². The molecule has 32 heavy (non-hydrogen) atoms. The van der Waals surface area contributed by atoms with E-state index in [1.807, 2.05) is 49.1 Å². The highest BCUT2D eigenvalue weighted by Crippen LogP contribution is 2.34. The Kier molecular flexibility index (Phi) is 5.09. The fraction of sp³-hybridized carbons (Fsp3) is 0.280. The molecule has 2 aliphatic rings. The van der Waals surface area contributed by atoms with Gasteiger partial charge in [0.05, 0.1) is 0 Å². The second-order valence-corrected chi connectivity index (χ2v) is 8.33. The molecule has 3 aromatic rings. The number of fused-ring (bicyclic) bond motifs is 2. The lowest BCUT2D eigenvalue weighted by Gasteiger charge is -2.26. The molecule has 0 radical (unpaired) electrons. The van der Waals surface area contributed by atoms with Gasteiger partial charge in [0, 0.05) is 47.8 Å². The average molecular weight is 432 g/mol. The molecule has 164 valence electrons. The standard InChI is InChI=1S/C25H24N2O5/c1-15(2)24(28)26-19-5-3-4-16(10-19)22-12-18-13-27(9-8-20(18)32-22)25(29)17-6-7-21-23(11-17)31-14-30-21/h3-7,10-12,15H,8-9,13-14H2,1-2H3,(H,26,28). The van der Waals surface area contributed by atoms with Gasteiger partial charge in [-0.1, -0.05) is 26.0 Å². The Morgan fingerprint density at radius 2 is 1.88 bits per heavy atom. The predicted molar refractivity (Wildman–Crippen MR) is 119 cm³/mol. The first-order valence-corrected chi connectivity index (χ1v) is 10.7. The highest BCUT2D eigenvalue weighted by Gasteiger charge is 2.26. The van der Waals surface area contributed by atoms with Crippen molar-refractivity contribution in [3.8, 4) is 22.8 Å². The van der Waals surface area contributed by atoms with Crippen LogP contribution in [0.2, 0.25) is 0 Å². The summed E-state index contributed by atoms with van der Waals surface area (Å²) in [5.74, 6) is 2.72. The maximum absolute atomic E-state index is 13.0. The topological polar surface area (TPSA) is 81.0 Å². The Hall–Kier alpha value is -3.74. The lowest BCUT2D eigenvalue weighted by atomic mass is 10.1. The normalized spacial score (nSPS) is 14.4. The zero-order valence-electron chi connectivity index (χ0n) is 18.0. The molecule has 0 saturated heterocycles. The van der Waals surface area contributed by atoms with Crippen LogP contribution in [0.4, 0.5) is 5.69 Å². The summed E-state index contributed by atoms with van der Waals surface area (Å²) in [6.07, 6.45) is 0.648. The molecule has 0 atom stereocenters. The third kappa shape index (κ3) is 3.82. The fourth-order valence-corrected chi connectivity index (χ4v) is 3.90. The molecule has 5 rings (SSSR count). The SMILES string of the molecule is CC(C)C(=O)Nc1cccc(-c2cc3c(o2)CCN(C(=O)c2ccc4c(c2)OCO4)C3)c1. The van der Waals surface area contributed by atoms with Gasteiger partial charge in [0.1, 0.15) is 11.5 Å². The van der Waals surface area contributed by atoms with Crippen molar-refractivity contribution in [2.75, 3.05) is 18.7 Å². The van der Waals surface area contributed by atoms with Gasteiger partial charge in [-0.2, -0.15) is 0 Å². The number of hydrogen-bond acceptors (Lipinski definition) is 5. The van der Waals surface area contributed by atoms with Gasteiger partial charge in [-0.3, -0.25) is 9.59 Å². The van der Waals surface area contributed by atoms with E-state index >= 15 is 0 Å². The first kappa shape index (κ1) is 20.2. The summed E-state index contributed by atoms with van der Waals surface area (Å²) in [5.41, 5.74) is 3.19. The van der Waals surface area contributed by atoms with Gasteiger partial charge in [-0.05, 0) is 36.4 Å². The number of benzene rings is 2. The molecule has 0 fully saturated rings. The number of amides is 2. The number of hydrogen-bond donors (Lipinski definition) is 1. The lowest BCUT2D eigenvalue weighted by Crippen LogP contribution is -2.35. The minimum Gasteiger partial charge on any atom is -0.461 e. The molecule has 0 bridgehead atoms. The van der Waals surface area contributed by atoms with Crippen LogP contribution in [0.25, 0.3) is 11.3 Å². The summed E-state index contributed by atoms with van der Waals surface area (Å²) in [5, 5.41) is 2.92. The highest BCUT2D eigenvalue weighted by atomic mass is 16.7. The molecule has 0 saturated carbocycles. The fourth-order valence-electron chi connectivity index (χ4n) is 3.90. The van der Waals surface area contributed by atoms with Gasteiger partial charge in [-0.25, -0.2) is 0 Å². The van der Waals surface area contributed by atoms with Gasteiger partial charge in [0.25, 0.3) is 5.91 Å². The van der Waals surface area contributed by atoms with Crippen LogP contribution in [0, 0.1) is 5.92 Å². The van der Waals surface area contributed by atoms with E-state index < -0.39 is 0 Å². The van der Waals surface area contributed by atoms with E-state index in [0.29, 0.717) is 36.6 Å². The van der Waals surface area contributed by atoms with Crippen molar-refractivity contribution in [3.05, 3.63) is 65.4 Å². The van der Waals surface area contributed by atoms with Crippen LogP contribution in [-0.4, -0.2) is 30.1 Å². The summed E-state index contributed by atoms with van der Waals surface area (Å²) in [4.78, 5) is 26.9. The van der Waals surface area contributed by atoms with Crippen molar-refractivity contribution in [1.29, 1.82) is 0 Å². The van der Waals surface area contributed by atoms with Crippen molar-refractivity contribution in [2.45, 2.75) is 26.8 Å². The first-order valence-electron chi connectivity index (χ1n) is 10.7. The smallest absolute Gasteiger partial charge is 0.254 e. The molecular weight excluding hydrogens is 408 g/mol.